The fourth-order valence-corrected chi connectivity index (χ4v) is 2.88. The molecule has 152 valence electrons. The van der Waals surface area contributed by atoms with E-state index in [1.807, 2.05) is 13.0 Å². The van der Waals surface area contributed by atoms with Crippen molar-refractivity contribution in [3.8, 4) is 0 Å². The molecule has 0 aliphatic rings. The zero-order valence-electron chi connectivity index (χ0n) is 15.8. The predicted molar refractivity (Wildman–Crippen MR) is 108 cm³/mol. The van der Waals surface area contributed by atoms with Crippen LogP contribution in [0.5, 0.6) is 0 Å². The van der Waals surface area contributed by atoms with Crippen LogP contribution in [0.4, 0.5) is 5.95 Å². The van der Waals surface area contributed by atoms with Gasteiger partial charge in [-0.2, -0.15) is 0 Å². The number of pyridine rings is 1. The summed E-state index contributed by atoms with van der Waals surface area (Å²) in [5, 5.41) is 2.98. The van der Waals surface area contributed by atoms with Crippen molar-refractivity contribution < 1.29 is 13.9 Å². The van der Waals surface area contributed by atoms with Gasteiger partial charge in [-0.15, -0.1) is 0 Å². The van der Waals surface area contributed by atoms with Crippen LogP contribution in [0.1, 0.15) is 27.5 Å². The molecule has 10 heteroatoms. The van der Waals surface area contributed by atoms with Crippen molar-refractivity contribution in [3.05, 3.63) is 87.1 Å². The number of carbonyl (C=O) groups is 1. The minimum atomic E-state index is -0.755. The van der Waals surface area contributed by atoms with Crippen LogP contribution in [0.3, 0.4) is 0 Å². The summed E-state index contributed by atoms with van der Waals surface area (Å²) in [7, 11) is 0. The Kier molecular flexibility index (Phi) is 5.44. The van der Waals surface area contributed by atoms with Crippen LogP contribution >= 0.6 is 11.6 Å². The first kappa shape index (κ1) is 19.6. The van der Waals surface area contributed by atoms with E-state index in [9.17, 15) is 9.59 Å². The van der Waals surface area contributed by atoms with E-state index in [1.165, 1.54) is 16.7 Å². The lowest BCUT2D eigenvalue weighted by molar-refractivity contribution is 0.0461. The number of hydrogen-bond acceptors (Lipinski definition) is 8. The number of aromatic nitrogens is 4. The van der Waals surface area contributed by atoms with Crippen molar-refractivity contribution in [2.24, 2.45) is 0 Å². The highest BCUT2D eigenvalue weighted by molar-refractivity contribution is 6.33. The van der Waals surface area contributed by atoms with Gasteiger partial charge in [0.15, 0.2) is 5.69 Å². The van der Waals surface area contributed by atoms with Gasteiger partial charge in [0.2, 0.25) is 5.95 Å². The summed E-state index contributed by atoms with van der Waals surface area (Å²) < 4.78 is 11.9. The van der Waals surface area contributed by atoms with E-state index in [0.717, 1.165) is 5.56 Å². The number of hydrogen-bond donors (Lipinski definition) is 1. The molecule has 0 saturated heterocycles. The molecule has 4 aromatic heterocycles. The normalized spacial score (nSPS) is 10.9. The van der Waals surface area contributed by atoms with Gasteiger partial charge >= 0.3 is 5.97 Å². The second-order valence-corrected chi connectivity index (χ2v) is 6.83. The quantitative estimate of drug-likeness (QED) is 0.469. The highest BCUT2D eigenvalue weighted by atomic mass is 35.5. The molecule has 0 aliphatic carbocycles. The zero-order valence-corrected chi connectivity index (χ0v) is 16.6. The Bertz CT molecular complexity index is 1270. The van der Waals surface area contributed by atoms with Crippen molar-refractivity contribution in [1.29, 1.82) is 0 Å². The Morgan fingerprint density at radius 1 is 1.30 bits per heavy atom. The monoisotopic (exact) mass is 425 g/mol. The third-order valence-corrected chi connectivity index (χ3v) is 4.43. The summed E-state index contributed by atoms with van der Waals surface area (Å²) in [6, 6.07) is 8.43. The average Bonchev–Trinajstić information content (AvgIpc) is 3.25. The summed E-state index contributed by atoms with van der Waals surface area (Å²) in [4.78, 5) is 37.2. The van der Waals surface area contributed by atoms with Crippen LogP contribution in [0.25, 0.3) is 5.65 Å². The van der Waals surface area contributed by atoms with Gasteiger partial charge in [-0.05, 0) is 30.7 Å². The molecule has 0 atom stereocenters. The number of ether oxygens (including phenoxy) is 1. The molecule has 0 saturated carbocycles. The summed E-state index contributed by atoms with van der Waals surface area (Å²) in [5.41, 5.74) is 1.35. The van der Waals surface area contributed by atoms with E-state index in [4.69, 9.17) is 20.8 Å². The summed E-state index contributed by atoms with van der Waals surface area (Å²) in [6.45, 7) is 2.02. The minimum absolute atomic E-state index is 0.0468. The highest BCUT2D eigenvalue weighted by Crippen LogP contribution is 2.16. The smallest absolute Gasteiger partial charge is 0.359 e. The molecule has 0 unspecified atom stereocenters. The van der Waals surface area contributed by atoms with Crippen molar-refractivity contribution in [1.82, 2.24) is 19.4 Å². The fourth-order valence-electron chi connectivity index (χ4n) is 2.71. The molecule has 4 heterocycles. The first-order valence-electron chi connectivity index (χ1n) is 8.94. The molecule has 0 bridgehead atoms. The van der Waals surface area contributed by atoms with E-state index < -0.39 is 5.97 Å². The van der Waals surface area contributed by atoms with Crippen LogP contribution in [0, 0.1) is 6.92 Å². The first-order chi connectivity index (χ1) is 14.5. The standard InChI is InChI=1S/C20H16ClN5O4/c1-12-4-5-16-24-13(7-17(27)26(16)10-12)11-30-19(28)18-15(21)9-23-20(25-18)22-8-14-3-2-6-29-14/h2-7,9-10H,8,11H2,1H3,(H,22,23,25). The Labute approximate surface area is 175 Å². The summed E-state index contributed by atoms with van der Waals surface area (Å²) in [6.07, 6.45) is 4.55. The van der Waals surface area contributed by atoms with Crippen LogP contribution in [0.15, 0.2) is 58.2 Å². The molecule has 0 spiro atoms. The van der Waals surface area contributed by atoms with Gasteiger partial charge < -0.3 is 14.5 Å². The number of fused-ring (bicyclic) bond motifs is 1. The SMILES string of the molecule is Cc1ccc2nc(COC(=O)c3nc(NCc4ccco4)ncc3Cl)cc(=O)n2c1. The van der Waals surface area contributed by atoms with Gasteiger partial charge in [-0.25, -0.2) is 19.7 Å². The largest absolute Gasteiger partial charge is 0.467 e. The number of carbonyl (C=O) groups excluding carboxylic acids is 1. The molecule has 0 amide bonds. The van der Waals surface area contributed by atoms with Gasteiger partial charge in [0, 0.05) is 12.3 Å². The number of halogens is 1. The van der Waals surface area contributed by atoms with Crippen LogP contribution in [-0.2, 0) is 17.9 Å². The molecule has 9 nitrogen and oxygen atoms in total. The lowest BCUT2D eigenvalue weighted by atomic mass is 10.3. The second kappa shape index (κ2) is 8.34. The average molecular weight is 426 g/mol. The minimum Gasteiger partial charge on any atom is -0.467 e. The Morgan fingerprint density at radius 3 is 2.97 bits per heavy atom. The Balaban J connectivity index is 1.47. The van der Waals surface area contributed by atoms with E-state index in [1.54, 1.807) is 30.7 Å². The maximum Gasteiger partial charge on any atom is 0.359 e. The van der Waals surface area contributed by atoms with Gasteiger partial charge in [-0.3, -0.25) is 9.20 Å². The van der Waals surface area contributed by atoms with Crippen LogP contribution in [0.2, 0.25) is 5.02 Å². The lowest BCUT2D eigenvalue weighted by Gasteiger charge is -2.08. The first-order valence-corrected chi connectivity index (χ1v) is 9.32. The van der Waals surface area contributed by atoms with E-state index in [2.05, 4.69) is 20.3 Å². The third kappa shape index (κ3) is 4.31. The molecule has 0 fully saturated rings. The fraction of sp³-hybridized carbons (Fsp3) is 0.150. The van der Waals surface area contributed by atoms with Crippen molar-refractivity contribution >= 4 is 29.2 Å². The van der Waals surface area contributed by atoms with Gasteiger partial charge in [0.05, 0.1) is 29.7 Å². The maximum absolute atomic E-state index is 12.5. The lowest BCUT2D eigenvalue weighted by Crippen LogP contribution is -2.17. The number of anilines is 1. The van der Waals surface area contributed by atoms with Crippen molar-refractivity contribution in [2.45, 2.75) is 20.1 Å². The summed E-state index contributed by atoms with van der Waals surface area (Å²) in [5.74, 6) is 0.121. The van der Waals surface area contributed by atoms with Crippen molar-refractivity contribution in [3.63, 3.8) is 0 Å². The van der Waals surface area contributed by atoms with Gasteiger partial charge in [-0.1, -0.05) is 17.7 Å². The number of nitrogens with one attached hydrogen (secondary N) is 1. The number of aryl methyl sites for hydroxylation is 1. The third-order valence-electron chi connectivity index (χ3n) is 4.15. The highest BCUT2D eigenvalue weighted by Gasteiger charge is 2.17. The number of rotatable bonds is 6. The molecule has 0 radical (unpaired) electrons. The van der Waals surface area contributed by atoms with Gasteiger partial charge in [0.1, 0.15) is 18.0 Å². The molecule has 1 N–H and O–H groups in total. The molecule has 0 aromatic carbocycles. The van der Waals surface area contributed by atoms with E-state index >= 15 is 0 Å². The van der Waals surface area contributed by atoms with E-state index in [0.29, 0.717) is 23.6 Å². The predicted octanol–water partition coefficient (Wildman–Crippen LogP) is 3.01. The molecule has 4 aromatic rings. The number of nitrogens with zero attached hydrogens (tertiary/aromatic N) is 4. The second-order valence-electron chi connectivity index (χ2n) is 6.42. The molecule has 0 aliphatic heterocycles. The van der Waals surface area contributed by atoms with E-state index in [-0.39, 0.29) is 28.8 Å². The summed E-state index contributed by atoms with van der Waals surface area (Å²) >= 11 is 6.05. The van der Waals surface area contributed by atoms with Gasteiger partial charge in [0.25, 0.3) is 5.56 Å². The maximum atomic E-state index is 12.5. The molecular formula is C20H16ClN5O4. The Hall–Kier alpha value is -3.72. The number of furan rings is 1. The molecule has 4 rings (SSSR count). The number of esters is 1. The van der Waals surface area contributed by atoms with Crippen molar-refractivity contribution in [2.75, 3.05) is 5.32 Å². The Morgan fingerprint density at radius 2 is 2.17 bits per heavy atom. The topological polar surface area (TPSA) is 112 Å². The molecular weight excluding hydrogens is 410 g/mol. The zero-order chi connectivity index (χ0) is 21.1. The van der Waals surface area contributed by atoms with Crippen LogP contribution in [-0.4, -0.2) is 25.3 Å². The van der Waals surface area contributed by atoms with Crippen LogP contribution < -0.4 is 10.9 Å². The molecule has 30 heavy (non-hydrogen) atoms.